The molecule has 6 aromatic carbocycles. The van der Waals surface area contributed by atoms with Gasteiger partial charge in [-0.05, 0) is 62.4 Å². The molecule has 301 valence electrons. The van der Waals surface area contributed by atoms with E-state index in [1.54, 1.807) is 0 Å². The van der Waals surface area contributed by atoms with Gasteiger partial charge in [0.05, 0.1) is 13.7 Å². The molecule has 0 aliphatic heterocycles. The summed E-state index contributed by atoms with van der Waals surface area (Å²) in [5.74, 6) is -0.378. The van der Waals surface area contributed by atoms with Crippen molar-refractivity contribution >= 4 is 35.2 Å². The van der Waals surface area contributed by atoms with Crippen LogP contribution in [0.3, 0.4) is 0 Å². The largest absolute Gasteiger partial charge is 0.501 e. The molecule has 0 N–H and O–H groups in total. The average molecular weight is 976 g/mol. The minimum atomic E-state index is -1.58. The molecule has 1 radical (unpaired) electrons. The minimum absolute atomic E-state index is 0. The van der Waals surface area contributed by atoms with Crippen molar-refractivity contribution in [2.75, 3.05) is 0 Å². The zero-order valence-electron chi connectivity index (χ0n) is 36.3. The van der Waals surface area contributed by atoms with Crippen molar-refractivity contribution in [1.82, 2.24) is 9.97 Å². The van der Waals surface area contributed by atoms with E-state index in [1.165, 1.54) is 38.6 Å². The third kappa shape index (κ3) is 9.05. The van der Waals surface area contributed by atoms with Crippen LogP contribution in [0.2, 0.25) is 19.6 Å². The first-order chi connectivity index (χ1) is 28.8. The summed E-state index contributed by atoms with van der Waals surface area (Å²) >= 11 is 0. The van der Waals surface area contributed by atoms with Gasteiger partial charge in [0.25, 0.3) is 0 Å². The van der Waals surface area contributed by atoms with E-state index in [-0.39, 0.29) is 26.0 Å². The van der Waals surface area contributed by atoms with Crippen LogP contribution in [-0.2, 0) is 20.1 Å². The first-order valence-electron chi connectivity index (χ1n) is 20.9. The van der Waals surface area contributed by atoms with Crippen molar-refractivity contribution in [1.29, 1.82) is 0 Å². The van der Waals surface area contributed by atoms with Crippen LogP contribution in [-0.4, -0.2) is 18.0 Å². The second kappa shape index (κ2) is 18.3. The number of nitrogens with zero attached hydrogens (tertiary/aromatic N) is 2. The van der Waals surface area contributed by atoms with Gasteiger partial charge in [-0.15, -0.1) is 47.5 Å². The maximum absolute atomic E-state index is 8.65. The van der Waals surface area contributed by atoms with Gasteiger partial charge in [-0.2, -0.15) is 0 Å². The Morgan fingerprint density at radius 1 is 0.650 bits per heavy atom. The molecule has 0 amide bonds. The number of hydrogen-bond acceptors (Lipinski definition) is 3. The Bertz CT molecular complexity index is 2920. The maximum Gasteiger partial charge on any atom is 0.121 e. The van der Waals surface area contributed by atoms with Crippen LogP contribution in [0.5, 0.6) is 0 Å². The summed E-state index contributed by atoms with van der Waals surface area (Å²) in [5.41, 5.74) is 14.9. The zero-order chi connectivity index (χ0) is 42.0. The Morgan fingerprint density at radius 3 is 2.02 bits per heavy atom. The van der Waals surface area contributed by atoms with E-state index in [1.807, 2.05) is 50.5 Å². The number of fused-ring (bicyclic) bond motifs is 3. The Balaban J connectivity index is 0.000000185. The first-order valence-corrected chi connectivity index (χ1v) is 23.9. The van der Waals surface area contributed by atoms with E-state index >= 15 is 0 Å². The molecule has 0 bridgehead atoms. The van der Waals surface area contributed by atoms with Gasteiger partial charge in [-0.1, -0.05) is 185 Å². The van der Waals surface area contributed by atoms with Gasteiger partial charge in [0.2, 0.25) is 0 Å². The quantitative estimate of drug-likeness (QED) is 0.112. The Kier molecular flexibility index (Phi) is 12.5. The zero-order valence-corrected chi connectivity index (χ0v) is 38.7. The Labute approximate surface area is 371 Å². The van der Waals surface area contributed by atoms with Crippen LogP contribution in [0.25, 0.3) is 66.7 Å². The van der Waals surface area contributed by atoms with Gasteiger partial charge in [0.1, 0.15) is 5.58 Å². The molecule has 9 aromatic rings. The van der Waals surface area contributed by atoms with Crippen molar-refractivity contribution in [3.63, 3.8) is 0 Å². The summed E-state index contributed by atoms with van der Waals surface area (Å²) in [7, 11) is -1.58. The summed E-state index contributed by atoms with van der Waals surface area (Å²) in [6.45, 7) is 15.2. The predicted molar refractivity (Wildman–Crippen MR) is 251 cm³/mol. The van der Waals surface area contributed by atoms with Crippen LogP contribution in [0, 0.1) is 19.1 Å². The standard InChI is InChI=1S/C31H22NO.C24H28NSi.Ir/c1-21(22-9-4-2-5-10-22)24-17-18-32-29(19-24)28-14-8-13-27-26-16-15-25(20-30(26)33-31(27)28)23-11-6-3-7-12-23;1-17(2)21-15-23(25-16-24(21)26(4,5)6)20-13-12-18(3)22(14-20)19-10-8-7-9-11-19;/h2-13,15-21H,1H3;7-12,14-17H,1-6H3;/q2*-1;/i;17D;. The molecule has 0 aliphatic rings. The average Bonchev–Trinajstić information content (AvgIpc) is 3.65. The number of aryl methyl sites for hydroxylation is 1. The molecule has 3 aromatic heterocycles. The first kappa shape index (κ1) is 41.0. The third-order valence-electron chi connectivity index (χ3n) is 11.1. The molecule has 0 fully saturated rings. The molecule has 9 rings (SSSR count). The molecular weight excluding hydrogens is 925 g/mol. The molecule has 3 heterocycles. The number of aromatic nitrogens is 2. The number of furan rings is 1. The van der Waals surface area contributed by atoms with Crippen LogP contribution in [0.1, 0.15) is 56.2 Å². The van der Waals surface area contributed by atoms with Crippen LogP contribution < -0.4 is 5.19 Å². The van der Waals surface area contributed by atoms with Gasteiger partial charge in [-0.3, -0.25) is 0 Å². The topological polar surface area (TPSA) is 38.9 Å². The fraction of sp³-hybridized carbons (Fsp3) is 0.164. The van der Waals surface area contributed by atoms with E-state index in [4.69, 9.17) is 10.8 Å². The summed E-state index contributed by atoms with van der Waals surface area (Å²) in [5, 5.41) is 3.46. The van der Waals surface area contributed by atoms with E-state index in [0.29, 0.717) is 0 Å². The predicted octanol–water partition coefficient (Wildman–Crippen LogP) is 14.5. The summed E-state index contributed by atoms with van der Waals surface area (Å²) in [6.07, 6.45) is 3.88. The molecule has 1 atom stereocenters. The minimum Gasteiger partial charge on any atom is -0.501 e. The van der Waals surface area contributed by atoms with Crippen molar-refractivity contribution in [2.24, 2.45) is 0 Å². The van der Waals surface area contributed by atoms with E-state index in [0.717, 1.165) is 55.6 Å². The molecule has 0 saturated heterocycles. The van der Waals surface area contributed by atoms with Crippen molar-refractivity contribution in [2.45, 2.75) is 59.1 Å². The second-order valence-electron chi connectivity index (χ2n) is 16.6. The fourth-order valence-electron chi connectivity index (χ4n) is 7.78. The van der Waals surface area contributed by atoms with E-state index < -0.39 is 14.0 Å². The van der Waals surface area contributed by atoms with Gasteiger partial charge in [-0.25, -0.2) is 0 Å². The number of hydrogen-bond donors (Lipinski definition) is 0. The van der Waals surface area contributed by atoms with Crippen LogP contribution in [0.4, 0.5) is 0 Å². The van der Waals surface area contributed by atoms with Crippen molar-refractivity contribution in [3.05, 3.63) is 198 Å². The molecule has 0 saturated carbocycles. The van der Waals surface area contributed by atoms with Crippen molar-refractivity contribution in [3.8, 4) is 44.8 Å². The monoisotopic (exact) mass is 976 g/mol. The van der Waals surface area contributed by atoms with Gasteiger partial charge < -0.3 is 14.4 Å². The third-order valence-corrected chi connectivity index (χ3v) is 13.2. The van der Waals surface area contributed by atoms with E-state index in [2.05, 4.69) is 178 Å². The molecule has 5 heteroatoms. The molecule has 3 nitrogen and oxygen atoms in total. The molecule has 0 spiro atoms. The summed E-state index contributed by atoms with van der Waals surface area (Å²) in [6, 6.07) is 59.2. The maximum atomic E-state index is 8.65. The number of benzene rings is 6. The molecule has 1 unspecified atom stereocenters. The molecule has 0 aliphatic carbocycles. The molecule has 60 heavy (non-hydrogen) atoms. The normalized spacial score (nSPS) is 12.3. The second-order valence-corrected chi connectivity index (χ2v) is 21.6. The van der Waals surface area contributed by atoms with Crippen LogP contribution in [0.15, 0.2) is 168 Å². The SMILES string of the molecule is CC(c1ccccc1)c1ccnc(-c2[c-]ccc3c2oc2cc(-c4ccccc4)ccc23)c1.[2H]C(C)(C)c1cc(-c2[c-]cc(C)c(-c3ccccc3)c2)ncc1[Si](C)(C)C.[Ir]. The smallest absolute Gasteiger partial charge is 0.121 e. The molecular formula is C55H50IrN2OSi-2. The van der Waals surface area contributed by atoms with Gasteiger partial charge in [0.15, 0.2) is 0 Å². The number of rotatable bonds is 8. The van der Waals surface area contributed by atoms with Crippen molar-refractivity contribution < 1.29 is 25.9 Å². The van der Waals surface area contributed by atoms with Gasteiger partial charge in [0, 0.05) is 45.2 Å². The number of pyridine rings is 2. The van der Waals surface area contributed by atoms with Gasteiger partial charge >= 0.3 is 0 Å². The summed E-state index contributed by atoms with van der Waals surface area (Å²) in [4.78, 5) is 9.45. The van der Waals surface area contributed by atoms with E-state index in [9.17, 15) is 0 Å². The van der Waals surface area contributed by atoms with Crippen LogP contribution >= 0.6 is 0 Å². The Morgan fingerprint density at radius 2 is 1.33 bits per heavy atom. The fourth-order valence-corrected chi connectivity index (χ4v) is 9.37. The Hall–Kier alpha value is -5.71. The summed E-state index contributed by atoms with van der Waals surface area (Å²) < 4.78 is 15.1.